The fourth-order valence-electron chi connectivity index (χ4n) is 2.08. The minimum Gasteiger partial charge on any atom is -0.306 e. The molecule has 0 fully saturated rings. The highest BCUT2D eigenvalue weighted by Crippen LogP contribution is 2.18. The Hall–Kier alpha value is -2.08. The van der Waals surface area contributed by atoms with E-state index in [1.807, 2.05) is 37.3 Å². The van der Waals surface area contributed by atoms with Crippen molar-refractivity contribution >= 4 is 5.78 Å². The Labute approximate surface area is 121 Å². The average Bonchev–Trinajstić information content (AvgIpc) is 2.42. The van der Waals surface area contributed by atoms with E-state index in [1.54, 1.807) is 11.8 Å². The summed E-state index contributed by atoms with van der Waals surface area (Å²) in [5.74, 6) is 0.366. The van der Waals surface area contributed by atoms with E-state index in [4.69, 9.17) is 0 Å². The SMILES string of the molecule is C=C(C)[C@H](CCC(C)=O)CN(C#N)Cc1ccccc1. The quantitative estimate of drug-likeness (QED) is 0.412. The second kappa shape index (κ2) is 8.16. The van der Waals surface area contributed by atoms with Crippen molar-refractivity contribution in [2.45, 2.75) is 33.2 Å². The first-order chi connectivity index (χ1) is 9.52. The number of rotatable bonds is 8. The largest absolute Gasteiger partial charge is 0.306 e. The first-order valence-electron chi connectivity index (χ1n) is 6.86. The van der Waals surface area contributed by atoms with Gasteiger partial charge in [-0.1, -0.05) is 42.5 Å². The summed E-state index contributed by atoms with van der Waals surface area (Å²) < 4.78 is 0. The summed E-state index contributed by atoms with van der Waals surface area (Å²) in [6.07, 6.45) is 3.54. The van der Waals surface area contributed by atoms with Gasteiger partial charge in [0.1, 0.15) is 5.78 Å². The van der Waals surface area contributed by atoms with Gasteiger partial charge in [-0.15, -0.1) is 0 Å². The minimum atomic E-state index is 0.183. The number of ketones is 1. The maximum absolute atomic E-state index is 11.1. The summed E-state index contributed by atoms with van der Waals surface area (Å²) in [5.41, 5.74) is 2.14. The molecule has 1 rings (SSSR count). The molecule has 0 amide bonds. The second-order valence-corrected chi connectivity index (χ2v) is 5.25. The van der Waals surface area contributed by atoms with Crippen LogP contribution in [0.15, 0.2) is 42.5 Å². The topological polar surface area (TPSA) is 44.1 Å². The van der Waals surface area contributed by atoms with Crippen LogP contribution in [0, 0.1) is 17.4 Å². The number of nitriles is 1. The van der Waals surface area contributed by atoms with Crippen molar-refractivity contribution in [1.82, 2.24) is 4.90 Å². The monoisotopic (exact) mass is 270 g/mol. The first kappa shape index (κ1) is 16.0. The molecule has 0 saturated carbocycles. The summed E-state index contributed by atoms with van der Waals surface area (Å²) >= 11 is 0. The van der Waals surface area contributed by atoms with E-state index in [0.29, 0.717) is 19.5 Å². The molecular formula is C17H22N2O. The van der Waals surface area contributed by atoms with Crippen LogP contribution in [0.25, 0.3) is 0 Å². The van der Waals surface area contributed by atoms with Crippen LogP contribution in [0.5, 0.6) is 0 Å². The number of carbonyl (C=O) groups excluding carboxylic acids is 1. The van der Waals surface area contributed by atoms with E-state index in [9.17, 15) is 10.1 Å². The highest BCUT2D eigenvalue weighted by Gasteiger charge is 2.15. The van der Waals surface area contributed by atoms with Crippen LogP contribution in [0.4, 0.5) is 0 Å². The molecule has 0 aliphatic rings. The summed E-state index contributed by atoms with van der Waals surface area (Å²) in [6, 6.07) is 9.92. The number of nitrogens with zero attached hydrogens (tertiary/aromatic N) is 2. The molecule has 3 heteroatoms. The number of hydrogen-bond acceptors (Lipinski definition) is 3. The molecule has 0 aliphatic carbocycles. The molecule has 0 radical (unpaired) electrons. The van der Waals surface area contributed by atoms with Gasteiger partial charge in [0.2, 0.25) is 0 Å². The summed E-state index contributed by atoms with van der Waals surface area (Å²) in [7, 11) is 0. The van der Waals surface area contributed by atoms with Gasteiger partial charge in [0.15, 0.2) is 6.19 Å². The standard InChI is InChI=1S/C17H22N2O/c1-14(2)17(10-9-15(3)20)12-19(13-18)11-16-7-5-4-6-8-16/h4-8,17H,1,9-12H2,2-3H3/t17-/m1/s1. The number of Topliss-reactive ketones (excluding diaryl/α,β-unsaturated/α-hetero) is 1. The van der Waals surface area contributed by atoms with E-state index >= 15 is 0 Å². The fourth-order valence-corrected chi connectivity index (χ4v) is 2.08. The van der Waals surface area contributed by atoms with Crippen molar-refractivity contribution in [2.24, 2.45) is 5.92 Å². The van der Waals surface area contributed by atoms with E-state index < -0.39 is 0 Å². The van der Waals surface area contributed by atoms with E-state index in [0.717, 1.165) is 17.6 Å². The molecule has 0 aromatic heterocycles. The first-order valence-corrected chi connectivity index (χ1v) is 6.86. The van der Waals surface area contributed by atoms with Crippen LogP contribution in [0.3, 0.4) is 0 Å². The molecule has 3 nitrogen and oxygen atoms in total. The van der Waals surface area contributed by atoms with Gasteiger partial charge in [-0.25, -0.2) is 0 Å². The third-order valence-corrected chi connectivity index (χ3v) is 3.34. The van der Waals surface area contributed by atoms with Crippen molar-refractivity contribution in [3.63, 3.8) is 0 Å². The zero-order valence-corrected chi connectivity index (χ0v) is 12.3. The van der Waals surface area contributed by atoms with Crippen LogP contribution in [0.2, 0.25) is 0 Å². The average molecular weight is 270 g/mol. The number of benzene rings is 1. The number of carbonyl (C=O) groups is 1. The van der Waals surface area contributed by atoms with E-state index in [2.05, 4.69) is 12.8 Å². The molecule has 0 aliphatic heterocycles. The maximum Gasteiger partial charge on any atom is 0.179 e. The molecule has 0 unspecified atom stereocenters. The van der Waals surface area contributed by atoms with Gasteiger partial charge < -0.3 is 9.69 Å². The van der Waals surface area contributed by atoms with Crippen molar-refractivity contribution < 1.29 is 4.79 Å². The fraction of sp³-hybridized carbons (Fsp3) is 0.412. The number of hydrogen-bond donors (Lipinski definition) is 0. The molecule has 106 valence electrons. The van der Waals surface area contributed by atoms with Crippen molar-refractivity contribution in [3.8, 4) is 6.19 Å². The van der Waals surface area contributed by atoms with Gasteiger partial charge in [-0.3, -0.25) is 0 Å². The van der Waals surface area contributed by atoms with E-state index in [-0.39, 0.29) is 11.7 Å². The highest BCUT2D eigenvalue weighted by molar-refractivity contribution is 5.75. The third-order valence-electron chi connectivity index (χ3n) is 3.34. The molecule has 1 atom stereocenters. The lowest BCUT2D eigenvalue weighted by molar-refractivity contribution is -0.117. The van der Waals surface area contributed by atoms with Gasteiger partial charge in [-0.05, 0) is 31.7 Å². The Bertz CT molecular complexity index is 487. The normalized spacial score (nSPS) is 11.4. The van der Waals surface area contributed by atoms with Gasteiger partial charge >= 0.3 is 0 Å². The van der Waals surface area contributed by atoms with Gasteiger partial charge in [0.05, 0.1) is 6.54 Å². The van der Waals surface area contributed by atoms with Gasteiger partial charge in [0, 0.05) is 13.0 Å². The zero-order valence-electron chi connectivity index (χ0n) is 12.3. The Balaban J connectivity index is 2.62. The zero-order chi connectivity index (χ0) is 15.0. The molecule has 0 N–H and O–H groups in total. The smallest absolute Gasteiger partial charge is 0.179 e. The summed E-state index contributed by atoms with van der Waals surface area (Å²) in [5, 5.41) is 9.27. The van der Waals surface area contributed by atoms with Crippen LogP contribution in [-0.4, -0.2) is 17.2 Å². The Morgan fingerprint density at radius 2 is 2.00 bits per heavy atom. The highest BCUT2D eigenvalue weighted by atomic mass is 16.1. The van der Waals surface area contributed by atoms with Crippen molar-refractivity contribution in [1.29, 1.82) is 5.26 Å². The molecule has 20 heavy (non-hydrogen) atoms. The second-order valence-electron chi connectivity index (χ2n) is 5.25. The lowest BCUT2D eigenvalue weighted by Gasteiger charge is -2.23. The van der Waals surface area contributed by atoms with Gasteiger partial charge in [0.25, 0.3) is 0 Å². The third kappa shape index (κ3) is 5.71. The predicted molar refractivity (Wildman–Crippen MR) is 80.7 cm³/mol. The Morgan fingerprint density at radius 1 is 1.35 bits per heavy atom. The molecule has 1 aromatic carbocycles. The Kier molecular flexibility index (Phi) is 6.52. The van der Waals surface area contributed by atoms with Crippen LogP contribution < -0.4 is 0 Å². The lowest BCUT2D eigenvalue weighted by atomic mass is 9.94. The molecule has 0 saturated heterocycles. The predicted octanol–water partition coefficient (Wildman–Crippen LogP) is 3.53. The molecule has 1 aromatic rings. The van der Waals surface area contributed by atoms with Crippen molar-refractivity contribution in [2.75, 3.05) is 6.54 Å². The minimum absolute atomic E-state index is 0.183. The Morgan fingerprint density at radius 3 is 2.50 bits per heavy atom. The van der Waals surface area contributed by atoms with Crippen LogP contribution in [-0.2, 0) is 11.3 Å². The summed E-state index contributed by atoms with van der Waals surface area (Å²) in [6.45, 7) is 8.76. The van der Waals surface area contributed by atoms with Crippen molar-refractivity contribution in [3.05, 3.63) is 48.0 Å². The molecule has 0 spiro atoms. The summed E-state index contributed by atoms with van der Waals surface area (Å²) in [4.78, 5) is 12.8. The van der Waals surface area contributed by atoms with Crippen LogP contribution in [0.1, 0.15) is 32.3 Å². The molecule has 0 heterocycles. The molecule has 0 bridgehead atoms. The van der Waals surface area contributed by atoms with E-state index in [1.165, 1.54) is 0 Å². The van der Waals surface area contributed by atoms with Gasteiger partial charge in [-0.2, -0.15) is 5.26 Å². The van der Waals surface area contributed by atoms with Crippen LogP contribution >= 0.6 is 0 Å². The molecular weight excluding hydrogens is 248 g/mol. The maximum atomic E-state index is 11.1. The lowest BCUT2D eigenvalue weighted by Crippen LogP contribution is -2.26.